The van der Waals surface area contributed by atoms with Crippen LogP contribution in [-0.2, 0) is 10.0 Å². The Morgan fingerprint density at radius 1 is 1.12 bits per heavy atom. The van der Waals surface area contributed by atoms with Crippen molar-refractivity contribution in [3.8, 4) is 11.3 Å². The van der Waals surface area contributed by atoms with Gasteiger partial charge in [-0.3, -0.25) is 9.40 Å². The molecule has 0 radical (unpaired) electrons. The van der Waals surface area contributed by atoms with E-state index in [2.05, 4.69) is 10.2 Å². The molecule has 0 unspecified atom stereocenters. The van der Waals surface area contributed by atoms with Crippen LogP contribution in [0.2, 0.25) is 5.02 Å². The second-order valence-electron chi connectivity index (χ2n) is 5.65. The highest BCUT2D eigenvalue weighted by atomic mass is 35.5. The van der Waals surface area contributed by atoms with Crippen molar-refractivity contribution >= 4 is 27.3 Å². The van der Waals surface area contributed by atoms with Gasteiger partial charge in [-0.15, -0.1) is 0 Å². The number of benzene rings is 2. The number of para-hydroxylation sites is 1. The maximum absolute atomic E-state index is 13.3. The van der Waals surface area contributed by atoms with Crippen LogP contribution in [0.5, 0.6) is 0 Å². The first-order valence-electron chi connectivity index (χ1n) is 7.43. The maximum atomic E-state index is 13.3. The van der Waals surface area contributed by atoms with Gasteiger partial charge in [0.05, 0.1) is 28.5 Å². The van der Waals surface area contributed by atoms with E-state index in [4.69, 9.17) is 11.6 Å². The molecule has 0 fully saturated rings. The van der Waals surface area contributed by atoms with Crippen molar-refractivity contribution in [1.29, 1.82) is 0 Å². The number of nitrogens with zero attached hydrogens (tertiary/aromatic N) is 2. The standard InChI is InChI=1S/C17H14ClN3O2S/c1-11-15-10-19-20-17(15)14-4-2-3-5-16(14)21(11)24(22,23)13-8-6-12(18)7-9-13/h2-11H,1H3,(H,19,20)/t11-/m1/s1. The van der Waals surface area contributed by atoms with Crippen LogP contribution in [0.15, 0.2) is 59.6 Å². The highest BCUT2D eigenvalue weighted by Gasteiger charge is 2.37. The first-order chi connectivity index (χ1) is 11.5. The lowest BCUT2D eigenvalue weighted by atomic mass is 9.97. The van der Waals surface area contributed by atoms with E-state index < -0.39 is 10.0 Å². The zero-order chi connectivity index (χ0) is 16.9. The average molecular weight is 360 g/mol. The molecule has 122 valence electrons. The van der Waals surface area contributed by atoms with Gasteiger partial charge in [0.25, 0.3) is 10.0 Å². The SMILES string of the molecule is C[C@@H]1c2cn[nH]c2-c2ccccc2N1S(=O)(=O)c1ccc(Cl)cc1. The first-order valence-corrected chi connectivity index (χ1v) is 9.24. The van der Waals surface area contributed by atoms with Crippen LogP contribution < -0.4 is 4.31 Å². The quantitative estimate of drug-likeness (QED) is 0.752. The Morgan fingerprint density at radius 2 is 1.83 bits per heavy atom. The normalized spacial score (nSPS) is 16.6. The molecule has 1 aliphatic rings. The second kappa shape index (κ2) is 5.36. The zero-order valence-corrected chi connectivity index (χ0v) is 14.3. The maximum Gasteiger partial charge on any atom is 0.264 e. The molecule has 1 aromatic heterocycles. The lowest BCUT2D eigenvalue weighted by molar-refractivity contribution is 0.582. The molecule has 0 saturated carbocycles. The summed E-state index contributed by atoms with van der Waals surface area (Å²) in [5, 5.41) is 7.56. The van der Waals surface area contributed by atoms with Crippen LogP contribution in [0.4, 0.5) is 5.69 Å². The number of H-pyrrole nitrogens is 1. The number of halogens is 1. The molecular weight excluding hydrogens is 346 g/mol. The lowest BCUT2D eigenvalue weighted by Gasteiger charge is -2.35. The summed E-state index contributed by atoms with van der Waals surface area (Å²) in [6.45, 7) is 1.86. The first kappa shape index (κ1) is 15.2. The fourth-order valence-corrected chi connectivity index (χ4v) is 4.88. The van der Waals surface area contributed by atoms with Crippen LogP contribution >= 0.6 is 11.6 Å². The summed E-state index contributed by atoms with van der Waals surface area (Å²) in [6, 6.07) is 13.3. The van der Waals surface area contributed by atoms with Gasteiger partial charge in [0, 0.05) is 16.1 Å². The molecule has 2 aromatic carbocycles. The molecule has 1 aliphatic heterocycles. The van der Waals surface area contributed by atoms with Gasteiger partial charge >= 0.3 is 0 Å². The number of aromatic nitrogens is 2. The van der Waals surface area contributed by atoms with Crippen molar-refractivity contribution in [2.45, 2.75) is 17.9 Å². The Labute approximate surface area is 144 Å². The molecule has 0 amide bonds. The minimum Gasteiger partial charge on any atom is -0.277 e. The molecule has 0 saturated heterocycles. The fraction of sp³-hybridized carbons (Fsp3) is 0.118. The number of nitrogens with one attached hydrogen (secondary N) is 1. The van der Waals surface area contributed by atoms with Crippen molar-refractivity contribution in [1.82, 2.24) is 10.2 Å². The summed E-state index contributed by atoms with van der Waals surface area (Å²) in [6.07, 6.45) is 1.68. The Kier molecular flexibility index (Phi) is 3.40. The van der Waals surface area contributed by atoms with Crippen LogP contribution in [0.1, 0.15) is 18.5 Å². The van der Waals surface area contributed by atoms with Gasteiger partial charge in [-0.2, -0.15) is 5.10 Å². The number of hydrogen-bond acceptors (Lipinski definition) is 3. The molecule has 3 aromatic rings. The number of hydrogen-bond donors (Lipinski definition) is 1. The van der Waals surface area contributed by atoms with Gasteiger partial charge in [-0.1, -0.05) is 29.8 Å². The predicted molar refractivity (Wildman–Crippen MR) is 93.6 cm³/mol. The topological polar surface area (TPSA) is 66.1 Å². The van der Waals surface area contributed by atoms with Crippen molar-refractivity contribution in [2.75, 3.05) is 4.31 Å². The summed E-state index contributed by atoms with van der Waals surface area (Å²) >= 11 is 5.89. The molecule has 1 N–H and O–H groups in total. The third-order valence-electron chi connectivity index (χ3n) is 4.25. The Hall–Kier alpha value is -2.31. The Bertz CT molecular complexity index is 1010. The van der Waals surface area contributed by atoms with E-state index in [0.717, 1.165) is 16.8 Å². The highest BCUT2D eigenvalue weighted by molar-refractivity contribution is 7.92. The van der Waals surface area contributed by atoms with Crippen LogP contribution in [0, 0.1) is 0 Å². The molecular formula is C17H14ClN3O2S. The Morgan fingerprint density at radius 3 is 2.58 bits per heavy atom. The number of rotatable bonds is 2. The number of aromatic amines is 1. The molecule has 7 heteroatoms. The molecule has 24 heavy (non-hydrogen) atoms. The van der Waals surface area contributed by atoms with E-state index in [9.17, 15) is 8.42 Å². The summed E-state index contributed by atoms with van der Waals surface area (Å²) in [5.41, 5.74) is 3.17. The largest absolute Gasteiger partial charge is 0.277 e. The monoisotopic (exact) mass is 359 g/mol. The summed E-state index contributed by atoms with van der Waals surface area (Å²) in [7, 11) is -3.73. The van der Waals surface area contributed by atoms with E-state index in [-0.39, 0.29) is 10.9 Å². The number of anilines is 1. The lowest BCUT2D eigenvalue weighted by Crippen LogP contribution is -2.36. The van der Waals surface area contributed by atoms with E-state index >= 15 is 0 Å². The molecule has 1 atom stereocenters. The smallest absolute Gasteiger partial charge is 0.264 e. The van der Waals surface area contributed by atoms with Gasteiger partial charge in [-0.25, -0.2) is 8.42 Å². The van der Waals surface area contributed by atoms with E-state index in [0.29, 0.717) is 10.7 Å². The van der Waals surface area contributed by atoms with Crippen LogP contribution in [-0.4, -0.2) is 18.6 Å². The van der Waals surface area contributed by atoms with Gasteiger partial charge in [0.15, 0.2) is 0 Å². The fourth-order valence-electron chi connectivity index (χ4n) is 3.10. The van der Waals surface area contributed by atoms with Gasteiger partial charge < -0.3 is 0 Å². The molecule has 4 rings (SSSR count). The molecule has 5 nitrogen and oxygen atoms in total. The second-order valence-corrected chi connectivity index (χ2v) is 7.90. The minimum atomic E-state index is -3.73. The van der Waals surface area contributed by atoms with Crippen LogP contribution in [0.3, 0.4) is 0 Å². The van der Waals surface area contributed by atoms with E-state index in [1.54, 1.807) is 18.3 Å². The van der Waals surface area contributed by atoms with Gasteiger partial charge in [-0.05, 0) is 37.3 Å². The van der Waals surface area contributed by atoms with E-state index in [1.807, 2.05) is 31.2 Å². The molecule has 0 aliphatic carbocycles. The molecule has 0 bridgehead atoms. The Balaban J connectivity index is 1.94. The van der Waals surface area contributed by atoms with Crippen molar-refractivity contribution in [3.63, 3.8) is 0 Å². The van der Waals surface area contributed by atoms with Gasteiger partial charge in [0.2, 0.25) is 0 Å². The van der Waals surface area contributed by atoms with Gasteiger partial charge in [0.1, 0.15) is 0 Å². The summed E-state index contributed by atoms with van der Waals surface area (Å²) < 4.78 is 28.0. The summed E-state index contributed by atoms with van der Waals surface area (Å²) in [4.78, 5) is 0.209. The predicted octanol–water partition coefficient (Wildman–Crippen LogP) is 4.00. The third-order valence-corrected chi connectivity index (χ3v) is 6.40. The van der Waals surface area contributed by atoms with Crippen molar-refractivity contribution in [3.05, 3.63) is 65.3 Å². The highest BCUT2D eigenvalue weighted by Crippen LogP contribution is 2.45. The molecule has 2 heterocycles. The van der Waals surface area contributed by atoms with E-state index in [1.165, 1.54) is 16.4 Å². The number of fused-ring (bicyclic) bond motifs is 3. The molecule has 0 spiro atoms. The average Bonchev–Trinajstić information content (AvgIpc) is 3.06. The minimum absolute atomic E-state index is 0.209. The third kappa shape index (κ3) is 2.14. The summed E-state index contributed by atoms with van der Waals surface area (Å²) in [5.74, 6) is 0. The zero-order valence-electron chi connectivity index (χ0n) is 12.8. The van der Waals surface area contributed by atoms with Crippen molar-refractivity contribution in [2.24, 2.45) is 0 Å². The van der Waals surface area contributed by atoms with Crippen LogP contribution in [0.25, 0.3) is 11.3 Å². The number of sulfonamides is 1. The van der Waals surface area contributed by atoms with Crippen molar-refractivity contribution < 1.29 is 8.42 Å².